The van der Waals surface area contributed by atoms with Crippen molar-refractivity contribution in [2.45, 2.75) is 51.5 Å². The van der Waals surface area contributed by atoms with Gasteiger partial charge in [0.1, 0.15) is 6.07 Å². The second kappa shape index (κ2) is 6.07. The van der Waals surface area contributed by atoms with Gasteiger partial charge in [-0.25, -0.2) is 0 Å². The highest BCUT2D eigenvalue weighted by atomic mass is 15.1. The molecule has 1 aromatic rings. The Kier molecular flexibility index (Phi) is 4.17. The van der Waals surface area contributed by atoms with E-state index in [1.165, 1.54) is 44.9 Å². The molecule has 2 N–H and O–H groups in total. The first-order valence-corrected chi connectivity index (χ1v) is 8.24. The lowest BCUT2D eigenvalue weighted by Crippen LogP contribution is -2.41. The third-order valence-corrected chi connectivity index (χ3v) is 5.50. The molecule has 0 atom stereocenters. The van der Waals surface area contributed by atoms with Crippen LogP contribution in [0.5, 0.6) is 0 Å². The molecule has 1 aromatic carbocycles. The van der Waals surface area contributed by atoms with Gasteiger partial charge in [-0.1, -0.05) is 25.3 Å². The van der Waals surface area contributed by atoms with E-state index in [0.717, 1.165) is 29.9 Å². The van der Waals surface area contributed by atoms with E-state index < -0.39 is 0 Å². The predicted octanol–water partition coefficient (Wildman–Crippen LogP) is 3.57. The Morgan fingerprint density at radius 3 is 2.43 bits per heavy atom. The van der Waals surface area contributed by atoms with Crippen LogP contribution in [0.1, 0.15) is 56.1 Å². The van der Waals surface area contributed by atoms with Gasteiger partial charge in [-0.05, 0) is 48.8 Å². The van der Waals surface area contributed by atoms with Crippen molar-refractivity contribution in [3.8, 4) is 6.07 Å². The molecular formula is C18H25N3. The smallest absolute Gasteiger partial charge is 0.101 e. The third kappa shape index (κ3) is 2.91. The average Bonchev–Trinajstić information content (AvgIpc) is 2.56. The van der Waals surface area contributed by atoms with Gasteiger partial charge in [0.05, 0.1) is 11.3 Å². The molecule has 3 rings (SSSR count). The fourth-order valence-corrected chi connectivity index (χ4v) is 4.10. The first kappa shape index (κ1) is 14.4. The molecule has 1 saturated heterocycles. The molecule has 0 bridgehead atoms. The zero-order valence-corrected chi connectivity index (χ0v) is 12.8. The fraction of sp³-hybridized carbons (Fsp3) is 0.611. The highest BCUT2D eigenvalue weighted by Gasteiger charge is 2.35. The van der Waals surface area contributed by atoms with E-state index in [2.05, 4.69) is 23.1 Å². The molecule has 3 nitrogen and oxygen atoms in total. The highest BCUT2D eigenvalue weighted by Crippen LogP contribution is 2.45. The van der Waals surface area contributed by atoms with Gasteiger partial charge in [-0.3, -0.25) is 0 Å². The summed E-state index contributed by atoms with van der Waals surface area (Å²) in [5.41, 5.74) is 9.19. The number of nitrogens with two attached hydrogens (primary N) is 1. The maximum atomic E-state index is 9.39. The minimum atomic E-state index is 0.498. The van der Waals surface area contributed by atoms with Crippen LogP contribution in [-0.2, 0) is 6.54 Å². The molecule has 112 valence electrons. The van der Waals surface area contributed by atoms with Crippen LogP contribution in [0.2, 0.25) is 0 Å². The Labute approximate surface area is 127 Å². The van der Waals surface area contributed by atoms with Crippen molar-refractivity contribution < 1.29 is 0 Å². The summed E-state index contributed by atoms with van der Waals surface area (Å²) in [6.07, 6.45) is 9.65. The standard InChI is InChI=1S/C18H25N3/c19-13-15-4-5-17(16(12-15)14-20)21-10-8-18(9-11-21)6-2-1-3-7-18/h4-5,12H,1-3,6-11,13,19H2. The van der Waals surface area contributed by atoms with Gasteiger partial charge in [-0.15, -0.1) is 0 Å². The van der Waals surface area contributed by atoms with Crippen LogP contribution in [0.15, 0.2) is 18.2 Å². The molecule has 1 heterocycles. The van der Waals surface area contributed by atoms with E-state index in [1.54, 1.807) is 0 Å². The second-order valence-corrected chi connectivity index (χ2v) is 6.72. The van der Waals surface area contributed by atoms with Crippen molar-refractivity contribution in [1.29, 1.82) is 5.26 Å². The van der Waals surface area contributed by atoms with Crippen LogP contribution >= 0.6 is 0 Å². The Morgan fingerprint density at radius 2 is 1.81 bits per heavy atom. The Hall–Kier alpha value is -1.53. The number of hydrogen-bond donors (Lipinski definition) is 1. The number of nitriles is 1. The van der Waals surface area contributed by atoms with Gasteiger partial charge in [0, 0.05) is 19.6 Å². The lowest BCUT2D eigenvalue weighted by atomic mass is 9.68. The van der Waals surface area contributed by atoms with Crippen LogP contribution in [0.25, 0.3) is 0 Å². The van der Waals surface area contributed by atoms with Gasteiger partial charge >= 0.3 is 0 Å². The van der Waals surface area contributed by atoms with Crippen LogP contribution < -0.4 is 10.6 Å². The van der Waals surface area contributed by atoms with Crippen molar-refractivity contribution in [3.63, 3.8) is 0 Å². The molecular weight excluding hydrogens is 258 g/mol. The molecule has 21 heavy (non-hydrogen) atoms. The van der Waals surface area contributed by atoms with Gasteiger partial charge < -0.3 is 10.6 Å². The molecule has 0 amide bonds. The molecule has 1 saturated carbocycles. The second-order valence-electron chi connectivity index (χ2n) is 6.72. The first-order chi connectivity index (χ1) is 10.3. The van der Waals surface area contributed by atoms with Crippen molar-refractivity contribution in [2.75, 3.05) is 18.0 Å². The fourth-order valence-electron chi connectivity index (χ4n) is 4.10. The van der Waals surface area contributed by atoms with Crippen LogP contribution in [0.4, 0.5) is 5.69 Å². The highest BCUT2D eigenvalue weighted by molar-refractivity contribution is 5.60. The summed E-state index contributed by atoms with van der Waals surface area (Å²) in [6, 6.07) is 8.43. The summed E-state index contributed by atoms with van der Waals surface area (Å²) < 4.78 is 0. The molecule has 0 radical (unpaired) electrons. The van der Waals surface area contributed by atoms with Gasteiger partial charge in [0.15, 0.2) is 0 Å². The van der Waals surface area contributed by atoms with E-state index in [9.17, 15) is 5.26 Å². The Bertz CT molecular complexity index is 528. The molecule has 3 heteroatoms. The number of nitrogens with zero attached hydrogens (tertiary/aromatic N) is 2. The lowest BCUT2D eigenvalue weighted by Gasteiger charge is -2.45. The molecule has 2 fully saturated rings. The van der Waals surface area contributed by atoms with Crippen LogP contribution in [-0.4, -0.2) is 13.1 Å². The van der Waals surface area contributed by atoms with Gasteiger partial charge in [-0.2, -0.15) is 5.26 Å². The van der Waals surface area contributed by atoms with Crippen molar-refractivity contribution in [1.82, 2.24) is 0 Å². The average molecular weight is 283 g/mol. The van der Waals surface area contributed by atoms with E-state index in [-0.39, 0.29) is 0 Å². The van der Waals surface area contributed by atoms with Gasteiger partial charge in [0.2, 0.25) is 0 Å². The molecule has 0 unspecified atom stereocenters. The van der Waals surface area contributed by atoms with E-state index in [4.69, 9.17) is 5.73 Å². The van der Waals surface area contributed by atoms with Crippen molar-refractivity contribution >= 4 is 5.69 Å². The van der Waals surface area contributed by atoms with Crippen LogP contribution in [0, 0.1) is 16.7 Å². The number of piperidine rings is 1. The molecule has 1 spiro atoms. The summed E-state index contributed by atoms with van der Waals surface area (Å²) in [6.45, 7) is 2.69. The maximum absolute atomic E-state index is 9.39. The summed E-state index contributed by atoms with van der Waals surface area (Å²) in [7, 11) is 0. The minimum absolute atomic E-state index is 0.498. The Balaban J connectivity index is 1.73. The SMILES string of the molecule is N#Cc1cc(CN)ccc1N1CCC2(CCCCC2)CC1. The topological polar surface area (TPSA) is 53.1 Å². The van der Waals surface area contributed by atoms with E-state index >= 15 is 0 Å². The zero-order chi connectivity index (χ0) is 14.7. The molecule has 0 aromatic heterocycles. The maximum Gasteiger partial charge on any atom is 0.101 e. The first-order valence-electron chi connectivity index (χ1n) is 8.24. The monoisotopic (exact) mass is 283 g/mol. The molecule has 1 aliphatic heterocycles. The summed E-state index contributed by atoms with van der Waals surface area (Å²) in [4.78, 5) is 2.40. The Morgan fingerprint density at radius 1 is 1.10 bits per heavy atom. The normalized spacial score (nSPS) is 21.2. The summed E-state index contributed by atoms with van der Waals surface area (Å²) in [5.74, 6) is 0. The van der Waals surface area contributed by atoms with Gasteiger partial charge in [0.25, 0.3) is 0 Å². The summed E-state index contributed by atoms with van der Waals surface area (Å²) >= 11 is 0. The zero-order valence-electron chi connectivity index (χ0n) is 12.8. The van der Waals surface area contributed by atoms with Crippen LogP contribution in [0.3, 0.4) is 0 Å². The molecule has 1 aliphatic carbocycles. The number of hydrogen-bond acceptors (Lipinski definition) is 3. The number of rotatable bonds is 2. The minimum Gasteiger partial charge on any atom is -0.370 e. The van der Waals surface area contributed by atoms with Crippen molar-refractivity contribution in [3.05, 3.63) is 29.3 Å². The number of anilines is 1. The third-order valence-electron chi connectivity index (χ3n) is 5.50. The lowest BCUT2D eigenvalue weighted by molar-refractivity contribution is 0.144. The predicted molar refractivity (Wildman–Crippen MR) is 86.0 cm³/mol. The van der Waals surface area contributed by atoms with E-state index in [1.807, 2.05) is 6.07 Å². The van der Waals surface area contributed by atoms with Crippen molar-refractivity contribution in [2.24, 2.45) is 11.1 Å². The largest absolute Gasteiger partial charge is 0.370 e. The molecule has 2 aliphatic rings. The van der Waals surface area contributed by atoms with E-state index in [0.29, 0.717) is 12.0 Å². The quantitative estimate of drug-likeness (QED) is 0.902. The summed E-state index contributed by atoms with van der Waals surface area (Å²) in [5, 5.41) is 9.39. The number of benzene rings is 1.